The van der Waals surface area contributed by atoms with E-state index in [2.05, 4.69) is 6.58 Å². The minimum atomic E-state index is -0.473. The second-order valence-corrected chi connectivity index (χ2v) is 3.52. The lowest BCUT2D eigenvalue weighted by atomic mass is 10.0. The molecule has 1 atom stereocenters. The Morgan fingerprint density at radius 3 is 2.88 bits per heavy atom. The molecule has 0 aromatic heterocycles. The standard InChI is InChI=1S/C12H16FNO2/c1-3-4-5-10(14)9-6-8(13)7-11(16-2)12(9)15/h3,6-7,10,15H,1,4-5,14H2,2H3/t10-/m1/s1. The highest BCUT2D eigenvalue weighted by Gasteiger charge is 2.16. The molecule has 0 fully saturated rings. The van der Waals surface area contributed by atoms with Crippen LogP contribution in [0.3, 0.4) is 0 Å². The Labute approximate surface area is 94.3 Å². The second-order valence-electron chi connectivity index (χ2n) is 3.52. The van der Waals surface area contributed by atoms with Crippen LogP contribution >= 0.6 is 0 Å². The number of ether oxygens (including phenoxy) is 1. The smallest absolute Gasteiger partial charge is 0.163 e. The van der Waals surface area contributed by atoms with Crippen LogP contribution in [-0.2, 0) is 0 Å². The molecule has 0 spiro atoms. The van der Waals surface area contributed by atoms with E-state index < -0.39 is 11.9 Å². The number of methoxy groups -OCH3 is 1. The molecule has 0 saturated carbocycles. The zero-order valence-electron chi connectivity index (χ0n) is 9.24. The number of allylic oxidation sites excluding steroid dienone is 1. The van der Waals surface area contributed by atoms with Gasteiger partial charge in [-0.2, -0.15) is 0 Å². The molecule has 0 amide bonds. The summed E-state index contributed by atoms with van der Waals surface area (Å²) in [5.74, 6) is -0.469. The topological polar surface area (TPSA) is 55.5 Å². The van der Waals surface area contributed by atoms with Gasteiger partial charge in [-0.25, -0.2) is 4.39 Å². The highest BCUT2D eigenvalue weighted by atomic mass is 19.1. The summed E-state index contributed by atoms with van der Waals surface area (Å²) < 4.78 is 18.1. The first-order chi connectivity index (χ1) is 7.60. The number of phenols is 1. The van der Waals surface area contributed by atoms with Crippen LogP contribution in [0.5, 0.6) is 11.5 Å². The first-order valence-electron chi connectivity index (χ1n) is 5.03. The van der Waals surface area contributed by atoms with Crippen molar-refractivity contribution >= 4 is 0 Å². The second kappa shape index (κ2) is 5.51. The molecule has 1 rings (SSSR count). The van der Waals surface area contributed by atoms with Crippen molar-refractivity contribution in [2.45, 2.75) is 18.9 Å². The Bertz CT molecular complexity index is 380. The minimum Gasteiger partial charge on any atom is -0.504 e. The van der Waals surface area contributed by atoms with Crippen LogP contribution < -0.4 is 10.5 Å². The molecule has 1 aromatic carbocycles. The van der Waals surface area contributed by atoms with Crippen LogP contribution in [0.2, 0.25) is 0 Å². The van der Waals surface area contributed by atoms with Crippen molar-refractivity contribution in [3.63, 3.8) is 0 Å². The van der Waals surface area contributed by atoms with Crippen LogP contribution in [0.4, 0.5) is 4.39 Å². The number of hydrogen-bond acceptors (Lipinski definition) is 3. The van der Waals surface area contributed by atoms with Crippen LogP contribution in [-0.4, -0.2) is 12.2 Å². The van der Waals surface area contributed by atoms with E-state index in [1.165, 1.54) is 13.2 Å². The van der Waals surface area contributed by atoms with Gasteiger partial charge in [-0.3, -0.25) is 0 Å². The van der Waals surface area contributed by atoms with Gasteiger partial charge in [-0.05, 0) is 18.9 Å². The zero-order valence-corrected chi connectivity index (χ0v) is 9.24. The van der Waals surface area contributed by atoms with E-state index >= 15 is 0 Å². The Kier molecular flexibility index (Phi) is 4.31. The van der Waals surface area contributed by atoms with E-state index in [0.717, 1.165) is 6.07 Å². The molecule has 3 N–H and O–H groups in total. The molecule has 0 bridgehead atoms. The number of aromatic hydroxyl groups is 1. The molecule has 0 unspecified atom stereocenters. The van der Waals surface area contributed by atoms with E-state index in [4.69, 9.17) is 10.5 Å². The summed E-state index contributed by atoms with van der Waals surface area (Å²) in [7, 11) is 1.37. The van der Waals surface area contributed by atoms with Gasteiger partial charge in [0, 0.05) is 17.7 Å². The molecule has 0 aliphatic heterocycles. The summed E-state index contributed by atoms with van der Waals surface area (Å²) in [4.78, 5) is 0. The first kappa shape index (κ1) is 12.5. The van der Waals surface area contributed by atoms with Gasteiger partial charge in [-0.15, -0.1) is 6.58 Å². The molecule has 0 heterocycles. The van der Waals surface area contributed by atoms with E-state index in [9.17, 15) is 9.50 Å². The van der Waals surface area contributed by atoms with Crippen LogP contribution in [0.1, 0.15) is 24.4 Å². The molecule has 88 valence electrons. The molecule has 3 nitrogen and oxygen atoms in total. The predicted octanol–water partition coefficient (Wildman–Crippen LogP) is 2.51. The van der Waals surface area contributed by atoms with Crippen molar-refractivity contribution in [1.82, 2.24) is 0 Å². The minimum absolute atomic E-state index is 0.0968. The van der Waals surface area contributed by atoms with Crippen LogP contribution in [0.15, 0.2) is 24.8 Å². The molecule has 4 heteroatoms. The van der Waals surface area contributed by atoms with Gasteiger partial charge in [0.1, 0.15) is 5.82 Å². The fraction of sp³-hybridized carbons (Fsp3) is 0.333. The molecule has 16 heavy (non-hydrogen) atoms. The van der Waals surface area contributed by atoms with Crippen LogP contribution in [0.25, 0.3) is 0 Å². The molecule has 0 aliphatic carbocycles. The number of halogens is 1. The third-order valence-corrected chi connectivity index (χ3v) is 2.37. The predicted molar refractivity (Wildman–Crippen MR) is 61.0 cm³/mol. The number of rotatable bonds is 5. The fourth-order valence-electron chi connectivity index (χ4n) is 1.49. The van der Waals surface area contributed by atoms with Crippen molar-refractivity contribution in [2.24, 2.45) is 5.73 Å². The van der Waals surface area contributed by atoms with Gasteiger partial charge < -0.3 is 15.6 Å². The largest absolute Gasteiger partial charge is 0.504 e. The number of nitrogens with two attached hydrogens (primary N) is 1. The van der Waals surface area contributed by atoms with E-state index in [1.54, 1.807) is 6.08 Å². The number of hydrogen-bond donors (Lipinski definition) is 2. The number of phenolic OH excluding ortho intramolecular Hbond substituents is 1. The van der Waals surface area contributed by atoms with Gasteiger partial charge in [0.05, 0.1) is 7.11 Å². The molecule has 1 aromatic rings. The Balaban J connectivity index is 3.02. The summed E-state index contributed by atoms with van der Waals surface area (Å²) >= 11 is 0. The Morgan fingerprint density at radius 2 is 2.31 bits per heavy atom. The van der Waals surface area contributed by atoms with Crippen molar-refractivity contribution in [3.8, 4) is 11.5 Å². The third-order valence-electron chi connectivity index (χ3n) is 2.37. The maximum atomic E-state index is 13.2. The lowest BCUT2D eigenvalue weighted by molar-refractivity contribution is 0.364. The zero-order chi connectivity index (χ0) is 12.1. The summed E-state index contributed by atoms with van der Waals surface area (Å²) in [5, 5.41) is 9.79. The maximum Gasteiger partial charge on any atom is 0.163 e. The van der Waals surface area contributed by atoms with Crippen molar-refractivity contribution < 1.29 is 14.2 Å². The van der Waals surface area contributed by atoms with E-state index in [-0.39, 0.29) is 11.5 Å². The lowest BCUT2D eigenvalue weighted by Gasteiger charge is -2.15. The molecular weight excluding hydrogens is 209 g/mol. The highest BCUT2D eigenvalue weighted by molar-refractivity contribution is 5.47. The van der Waals surface area contributed by atoms with Crippen molar-refractivity contribution in [2.75, 3.05) is 7.11 Å². The summed E-state index contributed by atoms with van der Waals surface area (Å²) in [6.07, 6.45) is 3.04. The average Bonchev–Trinajstić information content (AvgIpc) is 2.28. The van der Waals surface area contributed by atoms with E-state index in [0.29, 0.717) is 18.4 Å². The van der Waals surface area contributed by atoms with Gasteiger partial charge in [0.15, 0.2) is 11.5 Å². The monoisotopic (exact) mass is 225 g/mol. The van der Waals surface area contributed by atoms with E-state index in [1.807, 2.05) is 0 Å². The van der Waals surface area contributed by atoms with Gasteiger partial charge >= 0.3 is 0 Å². The van der Waals surface area contributed by atoms with Crippen molar-refractivity contribution in [3.05, 3.63) is 36.2 Å². The lowest BCUT2D eigenvalue weighted by Crippen LogP contribution is -2.10. The van der Waals surface area contributed by atoms with Crippen LogP contribution in [0, 0.1) is 5.82 Å². The molecule has 0 radical (unpaired) electrons. The average molecular weight is 225 g/mol. The third kappa shape index (κ3) is 2.73. The summed E-state index contributed by atoms with van der Waals surface area (Å²) in [6.45, 7) is 3.58. The SMILES string of the molecule is C=CCC[C@@H](N)c1cc(F)cc(OC)c1O. The van der Waals surface area contributed by atoms with Gasteiger partial charge in [0.2, 0.25) is 0 Å². The normalized spacial score (nSPS) is 12.2. The molecule has 0 aliphatic rings. The highest BCUT2D eigenvalue weighted by Crippen LogP contribution is 2.35. The number of benzene rings is 1. The first-order valence-corrected chi connectivity index (χ1v) is 5.03. The van der Waals surface area contributed by atoms with Gasteiger partial charge in [-0.1, -0.05) is 6.08 Å². The maximum absolute atomic E-state index is 13.2. The fourth-order valence-corrected chi connectivity index (χ4v) is 1.49. The Hall–Kier alpha value is -1.55. The summed E-state index contributed by atoms with van der Waals surface area (Å²) in [6, 6.07) is 1.92. The quantitative estimate of drug-likeness (QED) is 0.757. The van der Waals surface area contributed by atoms with Crippen molar-refractivity contribution in [1.29, 1.82) is 0 Å². The van der Waals surface area contributed by atoms with Gasteiger partial charge in [0.25, 0.3) is 0 Å². The molecular formula is C12H16FNO2. The summed E-state index contributed by atoms with van der Waals surface area (Å²) in [5.41, 5.74) is 6.20. The molecule has 0 saturated heterocycles. The Morgan fingerprint density at radius 1 is 1.62 bits per heavy atom.